The maximum absolute atomic E-state index is 9.71. The molecule has 3 aromatic rings. The predicted molar refractivity (Wildman–Crippen MR) is 96.5 cm³/mol. The van der Waals surface area contributed by atoms with E-state index in [2.05, 4.69) is 27.1 Å². The Hall–Kier alpha value is -2.59. The third-order valence-electron chi connectivity index (χ3n) is 4.59. The molecule has 0 spiro atoms. The lowest BCUT2D eigenvalue weighted by Gasteiger charge is -2.13. The lowest BCUT2D eigenvalue weighted by molar-refractivity contribution is -0.0432. The molecule has 4 N–H and O–H groups in total. The maximum Gasteiger partial charge on any atom is 0.167 e. The van der Waals surface area contributed by atoms with Crippen molar-refractivity contribution in [3.8, 4) is 0 Å². The van der Waals surface area contributed by atoms with E-state index >= 15 is 0 Å². The molecule has 4 atom stereocenters. The summed E-state index contributed by atoms with van der Waals surface area (Å²) < 4.78 is 12.3. The number of fused-ring (bicyclic) bond motifs is 1. The Morgan fingerprint density at radius 3 is 2.63 bits per heavy atom. The molecule has 2 aromatic heterocycles. The summed E-state index contributed by atoms with van der Waals surface area (Å²) >= 11 is 0. The Labute approximate surface area is 155 Å². The van der Waals surface area contributed by atoms with E-state index in [-0.39, 0.29) is 6.61 Å². The Balaban J connectivity index is 0.000000167. The van der Waals surface area contributed by atoms with Crippen molar-refractivity contribution in [3.63, 3.8) is 0 Å². The van der Waals surface area contributed by atoms with E-state index in [1.165, 1.54) is 11.9 Å². The number of imidazole rings is 1. The first-order valence-corrected chi connectivity index (χ1v) is 8.71. The van der Waals surface area contributed by atoms with Crippen molar-refractivity contribution >= 4 is 17.0 Å². The average Bonchev–Trinajstić information content (AvgIpc) is 3.35. The SMILES string of the molecule is Nc1ncnc2c1ncn2[C@H]1C[C@H](O)[C@@H](CO)O1.c1ccc(C2CO2)cc1. The first-order chi connectivity index (χ1) is 13.2. The van der Waals surface area contributed by atoms with E-state index in [1.807, 2.05) is 18.2 Å². The maximum atomic E-state index is 9.71. The number of benzene rings is 1. The van der Waals surface area contributed by atoms with Crippen molar-refractivity contribution in [3.05, 3.63) is 48.5 Å². The molecule has 9 heteroatoms. The highest BCUT2D eigenvalue weighted by atomic mass is 16.6. The number of aromatic nitrogens is 4. The summed E-state index contributed by atoms with van der Waals surface area (Å²) in [6.45, 7) is 0.686. The molecule has 2 aliphatic heterocycles. The minimum atomic E-state index is -0.698. The quantitative estimate of drug-likeness (QED) is 0.576. The number of ether oxygens (including phenoxy) is 2. The van der Waals surface area contributed by atoms with E-state index in [1.54, 1.807) is 10.9 Å². The molecule has 0 aliphatic carbocycles. The zero-order valence-electron chi connectivity index (χ0n) is 14.5. The number of rotatable bonds is 3. The molecule has 142 valence electrons. The van der Waals surface area contributed by atoms with Crippen molar-refractivity contribution in [2.24, 2.45) is 0 Å². The number of nitrogens with two attached hydrogens (primary N) is 1. The van der Waals surface area contributed by atoms with Crippen LogP contribution in [0.4, 0.5) is 5.82 Å². The van der Waals surface area contributed by atoms with Gasteiger partial charge in [0, 0.05) is 6.42 Å². The zero-order valence-corrected chi connectivity index (χ0v) is 14.5. The summed E-state index contributed by atoms with van der Waals surface area (Å²) in [6.07, 6.45) is 2.00. The molecule has 2 saturated heterocycles. The van der Waals surface area contributed by atoms with Crippen molar-refractivity contribution < 1.29 is 19.7 Å². The summed E-state index contributed by atoms with van der Waals surface area (Å²) in [5.74, 6) is 0.302. The highest BCUT2D eigenvalue weighted by Crippen LogP contribution is 2.31. The van der Waals surface area contributed by atoms with E-state index in [0.717, 1.165) is 6.61 Å². The zero-order chi connectivity index (χ0) is 18.8. The van der Waals surface area contributed by atoms with Gasteiger partial charge >= 0.3 is 0 Å². The molecule has 2 aliphatic rings. The molecule has 27 heavy (non-hydrogen) atoms. The average molecular weight is 371 g/mol. The van der Waals surface area contributed by atoms with E-state index in [4.69, 9.17) is 20.3 Å². The second-order valence-electron chi connectivity index (χ2n) is 6.43. The first-order valence-electron chi connectivity index (χ1n) is 8.71. The number of anilines is 1. The normalized spacial score (nSPS) is 26.6. The van der Waals surface area contributed by atoms with Crippen LogP contribution in [0.2, 0.25) is 0 Å². The van der Waals surface area contributed by atoms with Crippen LogP contribution in [0.25, 0.3) is 11.2 Å². The lowest BCUT2D eigenvalue weighted by Crippen LogP contribution is -2.24. The van der Waals surface area contributed by atoms with E-state index < -0.39 is 18.4 Å². The monoisotopic (exact) mass is 371 g/mol. The van der Waals surface area contributed by atoms with Gasteiger partial charge in [0.05, 0.1) is 25.6 Å². The van der Waals surface area contributed by atoms with E-state index in [9.17, 15) is 5.11 Å². The van der Waals surface area contributed by atoms with Crippen LogP contribution in [0.15, 0.2) is 43.0 Å². The van der Waals surface area contributed by atoms with Gasteiger partial charge in [-0.1, -0.05) is 30.3 Å². The smallest absolute Gasteiger partial charge is 0.167 e. The van der Waals surface area contributed by atoms with Gasteiger partial charge in [0.2, 0.25) is 0 Å². The van der Waals surface area contributed by atoms with Crippen LogP contribution < -0.4 is 5.73 Å². The summed E-state index contributed by atoms with van der Waals surface area (Å²) in [5, 5.41) is 18.8. The van der Waals surface area contributed by atoms with Gasteiger partial charge in [-0.15, -0.1) is 0 Å². The molecule has 0 amide bonds. The summed E-state index contributed by atoms with van der Waals surface area (Å²) in [5.41, 5.74) is 8.05. The minimum absolute atomic E-state index is 0.221. The van der Waals surface area contributed by atoms with E-state index in [0.29, 0.717) is 29.5 Å². The number of aliphatic hydroxyl groups is 2. The number of hydrogen-bond acceptors (Lipinski definition) is 8. The Bertz CT molecular complexity index is 899. The van der Waals surface area contributed by atoms with Crippen molar-refractivity contribution in [1.82, 2.24) is 19.5 Å². The third-order valence-corrected chi connectivity index (χ3v) is 4.59. The van der Waals surface area contributed by atoms with Gasteiger partial charge in [-0.25, -0.2) is 15.0 Å². The number of hydrogen-bond donors (Lipinski definition) is 3. The number of nitrogens with zero attached hydrogens (tertiary/aromatic N) is 4. The molecule has 0 bridgehead atoms. The van der Waals surface area contributed by atoms with Crippen LogP contribution >= 0.6 is 0 Å². The number of nitrogen functional groups attached to an aromatic ring is 1. The van der Waals surface area contributed by atoms with Gasteiger partial charge in [0.1, 0.15) is 30.3 Å². The fourth-order valence-corrected chi connectivity index (χ4v) is 3.04. The van der Waals surface area contributed by atoms with Gasteiger partial charge in [-0.05, 0) is 5.56 Å². The summed E-state index contributed by atoms with van der Waals surface area (Å²) in [7, 11) is 0. The second kappa shape index (κ2) is 7.57. The Morgan fingerprint density at radius 1 is 1.19 bits per heavy atom. The van der Waals surface area contributed by atoms with Gasteiger partial charge in [0.15, 0.2) is 11.5 Å². The van der Waals surface area contributed by atoms with Crippen molar-refractivity contribution in [2.75, 3.05) is 18.9 Å². The minimum Gasteiger partial charge on any atom is -0.394 e. The molecule has 0 saturated carbocycles. The largest absolute Gasteiger partial charge is 0.394 e. The topological polar surface area (TPSA) is 132 Å². The fourth-order valence-electron chi connectivity index (χ4n) is 3.04. The molecule has 0 radical (unpaired) electrons. The molecule has 1 aromatic carbocycles. The van der Waals surface area contributed by atoms with Crippen LogP contribution in [0.1, 0.15) is 24.3 Å². The molecule has 4 heterocycles. The van der Waals surface area contributed by atoms with Crippen LogP contribution in [0, 0.1) is 0 Å². The second-order valence-corrected chi connectivity index (χ2v) is 6.43. The standard InChI is InChI=1S/C10H13N5O3.C8H8O/c11-9-8-10(13-3-12-9)15(4-14-8)7-1-5(17)6(2-16)18-7;1-2-4-7(5-3-1)8-6-9-8/h3-7,16-17H,1-2H2,(H2,11,12,13);1-5,8H,6H2/t5-,6+,7+;/m0./s1. The van der Waals surface area contributed by atoms with Gasteiger partial charge < -0.3 is 25.4 Å². The Kier molecular flexibility index (Phi) is 4.99. The molecular formula is C18H21N5O4. The van der Waals surface area contributed by atoms with Crippen molar-refractivity contribution in [1.29, 1.82) is 0 Å². The first kappa shape index (κ1) is 17.8. The van der Waals surface area contributed by atoms with Gasteiger partial charge in [0.25, 0.3) is 0 Å². The van der Waals surface area contributed by atoms with Crippen LogP contribution in [-0.2, 0) is 9.47 Å². The lowest BCUT2D eigenvalue weighted by atomic mass is 10.2. The summed E-state index contributed by atoms with van der Waals surface area (Å²) in [6, 6.07) is 10.3. The molecule has 1 unspecified atom stereocenters. The third kappa shape index (κ3) is 3.76. The van der Waals surface area contributed by atoms with Gasteiger partial charge in [-0.2, -0.15) is 0 Å². The van der Waals surface area contributed by atoms with Gasteiger partial charge in [-0.3, -0.25) is 4.57 Å². The highest BCUT2D eigenvalue weighted by Gasteiger charge is 2.35. The predicted octanol–water partition coefficient (Wildman–Crippen LogP) is 0.807. The number of epoxide rings is 1. The summed E-state index contributed by atoms with van der Waals surface area (Å²) in [4.78, 5) is 12.1. The molecular weight excluding hydrogens is 350 g/mol. The Morgan fingerprint density at radius 2 is 1.96 bits per heavy atom. The molecule has 9 nitrogen and oxygen atoms in total. The van der Waals surface area contributed by atoms with Crippen LogP contribution in [0.5, 0.6) is 0 Å². The van der Waals surface area contributed by atoms with Crippen molar-refractivity contribution in [2.45, 2.75) is 31.0 Å². The number of aliphatic hydroxyl groups excluding tert-OH is 2. The molecule has 2 fully saturated rings. The van der Waals surface area contributed by atoms with Crippen LogP contribution in [-0.4, -0.2) is 55.2 Å². The van der Waals surface area contributed by atoms with Crippen LogP contribution in [0.3, 0.4) is 0 Å². The fraction of sp³-hybridized carbons (Fsp3) is 0.389. The molecule has 5 rings (SSSR count). The highest BCUT2D eigenvalue weighted by molar-refractivity contribution is 5.81.